The summed E-state index contributed by atoms with van der Waals surface area (Å²) in [6.45, 7) is -1.13. The van der Waals surface area contributed by atoms with E-state index in [1.807, 2.05) is 0 Å². The van der Waals surface area contributed by atoms with Gasteiger partial charge in [0.2, 0.25) is 3.82 Å². The quantitative estimate of drug-likeness (QED) is 0.0717. The molecule has 0 bridgehead atoms. The van der Waals surface area contributed by atoms with Crippen molar-refractivity contribution in [3.8, 4) is 0 Å². The third-order valence-electron chi connectivity index (χ3n) is 4.49. The zero-order valence-electron chi connectivity index (χ0n) is 20.9. The number of nitrogens with zero attached hydrogens (tertiary/aromatic N) is 4. The van der Waals surface area contributed by atoms with Crippen LogP contribution in [0.25, 0.3) is 11.2 Å². The molecule has 1 saturated heterocycles. The number of phosphoric ester groups is 1. The van der Waals surface area contributed by atoms with E-state index in [0.29, 0.717) is 0 Å². The number of alkyl halides is 2. The van der Waals surface area contributed by atoms with Crippen molar-refractivity contribution < 1.29 is 175 Å². The fraction of sp³-hybridized carbons (Fsp3) is 0.583. The first-order valence-corrected chi connectivity index (χ1v) is 15.4. The first-order valence-electron chi connectivity index (χ1n) is 8.85. The summed E-state index contributed by atoms with van der Waals surface area (Å²) in [7, 11) is -18.6. The number of aromatic nitrogens is 4. The number of hydrogen-bond acceptors (Lipinski definition) is 17. The largest absolute Gasteiger partial charge is 1.00 e. The van der Waals surface area contributed by atoms with Crippen molar-refractivity contribution >= 4 is 75.0 Å². The second kappa shape index (κ2) is 17.0. The Balaban J connectivity index is 0. The number of aliphatic hydroxyl groups excluding tert-OH is 2. The van der Waals surface area contributed by atoms with E-state index in [2.05, 4.69) is 23.8 Å². The Morgan fingerprint density at radius 3 is 2.21 bits per heavy atom. The molecule has 4 unspecified atom stereocenters. The van der Waals surface area contributed by atoms with Crippen molar-refractivity contribution in [3.63, 3.8) is 0 Å². The maximum absolute atomic E-state index is 11.9. The van der Waals surface area contributed by atoms with Crippen LogP contribution in [0.15, 0.2) is 11.5 Å². The van der Waals surface area contributed by atoms with Crippen LogP contribution in [-0.2, 0) is 27.3 Å². The van der Waals surface area contributed by atoms with Crippen molar-refractivity contribution in [2.75, 3.05) is 18.6 Å². The number of ether oxygens (including phenoxy) is 1. The van der Waals surface area contributed by atoms with Gasteiger partial charge in [-0.05, 0) is 13.9 Å². The van der Waals surface area contributed by atoms with Gasteiger partial charge in [0, 0.05) is 0 Å². The Morgan fingerprint density at radius 1 is 1.13 bits per heavy atom. The molecule has 6 atom stereocenters. The first kappa shape index (κ1) is 44.7. The van der Waals surface area contributed by atoms with Gasteiger partial charge in [0.15, 0.2) is 30.4 Å². The van der Waals surface area contributed by atoms with Crippen LogP contribution < -0.4 is 144 Å². The fourth-order valence-electron chi connectivity index (χ4n) is 2.81. The second-order valence-corrected chi connectivity index (χ2v) is 15.4. The number of hydrogen-bond donors (Lipinski definition) is 3. The number of halogens is 2. The van der Waals surface area contributed by atoms with Gasteiger partial charge in [-0.15, -0.1) is 0 Å². The fourth-order valence-corrected chi connectivity index (χ4v) is 7.23. The van der Waals surface area contributed by atoms with E-state index in [0.717, 1.165) is 11.8 Å². The van der Waals surface area contributed by atoms with Crippen LogP contribution >= 0.6 is 58.0 Å². The molecule has 0 amide bonds. The Morgan fingerprint density at radius 2 is 1.69 bits per heavy atom. The molecule has 2 aromatic rings. The van der Waals surface area contributed by atoms with E-state index >= 15 is 0 Å². The molecule has 17 nitrogen and oxygen atoms in total. The van der Waals surface area contributed by atoms with E-state index in [1.54, 1.807) is 6.26 Å². The van der Waals surface area contributed by atoms with Gasteiger partial charge < -0.3 is 53.9 Å². The van der Waals surface area contributed by atoms with Crippen LogP contribution in [0.1, 0.15) is 6.23 Å². The molecule has 3 rings (SSSR count). The van der Waals surface area contributed by atoms with Crippen LogP contribution in [0, 0.1) is 0 Å². The van der Waals surface area contributed by atoms with Gasteiger partial charge in [-0.1, -0.05) is 35.0 Å². The molecular formula is C12H14Cl2N5Na4O12P3S. The van der Waals surface area contributed by atoms with Crippen molar-refractivity contribution in [1.82, 2.24) is 19.5 Å². The van der Waals surface area contributed by atoms with Crippen LogP contribution in [0.5, 0.6) is 0 Å². The van der Waals surface area contributed by atoms with Crippen molar-refractivity contribution in [3.05, 3.63) is 6.33 Å². The van der Waals surface area contributed by atoms with E-state index < -0.39 is 58.0 Å². The molecule has 0 radical (unpaired) electrons. The first-order chi connectivity index (χ1) is 15.9. The normalized spacial score (nSPS) is 24.3. The smallest absolute Gasteiger partial charge is 0.808 e. The van der Waals surface area contributed by atoms with E-state index in [9.17, 15) is 43.5 Å². The van der Waals surface area contributed by atoms with Gasteiger partial charge in [-0.2, -0.15) is 0 Å². The maximum atomic E-state index is 11.9. The number of anilines is 1. The topological polar surface area (TPSA) is 281 Å². The Labute approximate surface area is 323 Å². The number of thioether (sulfide) groups is 1. The monoisotopic (exact) mass is 707 g/mol. The summed E-state index contributed by atoms with van der Waals surface area (Å²) in [5.41, 5.74) is 6.09. The average Bonchev–Trinajstić information content (AvgIpc) is 3.26. The number of imidazole rings is 1. The summed E-state index contributed by atoms with van der Waals surface area (Å²) < 4.78 is 45.1. The average molecular weight is 708 g/mol. The number of nitrogen functional groups attached to an aromatic ring is 1. The summed E-state index contributed by atoms with van der Waals surface area (Å²) in [6, 6.07) is 0. The Kier molecular flexibility index (Phi) is 19.5. The molecule has 0 aliphatic carbocycles. The predicted molar refractivity (Wildman–Crippen MR) is 112 cm³/mol. The minimum absolute atomic E-state index is 0. The minimum Gasteiger partial charge on any atom is -0.808 e. The van der Waals surface area contributed by atoms with E-state index in [1.165, 1.54) is 10.9 Å². The number of fused-ring (bicyclic) bond motifs is 1. The van der Waals surface area contributed by atoms with E-state index in [4.69, 9.17) is 33.7 Å². The molecule has 2 aromatic heterocycles. The van der Waals surface area contributed by atoms with Gasteiger partial charge in [0.25, 0.3) is 7.82 Å². The van der Waals surface area contributed by atoms with Crippen LogP contribution in [0.4, 0.5) is 5.82 Å². The molecule has 0 saturated carbocycles. The number of phosphoric acid groups is 1. The molecule has 0 aromatic carbocycles. The predicted octanol–water partition coefficient (Wildman–Crippen LogP) is -14.2. The Hall–Kier alpha value is 3.61. The van der Waals surface area contributed by atoms with Gasteiger partial charge in [0.1, 0.15) is 23.8 Å². The third-order valence-corrected chi connectivity index (χ3v) is 12.4. The van der Waals surface area contributed by atoms with Crippen LogP contribution in [0.2, 0.25) is 0 Å². The second-order valence-electron chi connectivity index (χ2n) is 6.79. The molecule has 198 valence electrons. The number of aliphatic hydroxyl groups is 2. The number of nitrogens with two attached hydrogens (primary N) is 1. The SMILES string of the molecule is CSc1nc(N)c2ncn(C3OC(COP(=O)([O-])OP(=O)([O-])C(Cl)(Cl)P(=O)([O-])[O-])[C@@H](O)[C@H]3O)c2n1.[Na+].[Na+].[Na+].[Na+]. The number of rotatable bonds is 9. The molecule has 3 heterocycles. The van der Waals surface area contributed by atoms with Gasteiger partial charge in [0.05, 0.1) is 12.9 Å². The molecule has 1 aliphatic heterocycles. The van der Waals surface area contributed by atoms with Crippen molar-refractivity contribution in [2.45, 2.75) is 33.5 Å². The maximum Gasteiger partial charge on any atom is 1.00 e. The Bertz CT molecular complexity index is 1280. The summed E-state index contributed by atoms with van der Waals surface area (Å²) in [5.74, 6) is 0.0212. The molecule has 4 N–H and O–H groups in total. The molecule has 1 aliphatic rings. The van der Waals surface area contributed by atoms with E-state index in [-0.39, 0.29) is 140 Å². The minimum atomic E-state index is -6.32. The zero-order valence-corrected chi connectivity index (χ0v) is 34.0. The zero-order chi connectivity index (χ0) is 26.6. The summed E-state index contributed by atoms with van der Waals surface area (Å²) in [6.07, 6.45) is -3.59. The van der Waals surface area contributed by atoms with Gasteiger partial charge in [-0.25, -0.2) is 15.0 Å². The van der Waals surface area contributed by atoms with Crippen molar-refractivity contribution in [1.29, 1.82) is 0 Å². The molecular weight excluding hydrogens is 694 g/mol. The molecule has 27 heteroatoms. The third kappa shape index (κ3) is 10.0. The van der Waals surface area contributed by atoms with Crippen LogP contribution in [0.3, 0.4) is 0 Å². The summed E-state index contributed by atoms with van der Waals surface area (Å²) in [5, 5.41) is 20.9. The van der Waals surface area contributed by atoms with Gasteiger partial charge >= 0.3 is 118 Å². The standard InChI is InChI=1S/C12H18Cl2N5O12P3S.4Na/c1-35-11-17-8(15)5-9(18-11)19(3-16-5)10-7(21)6(20)4(30-10)2-29-34(27,28)31-33(25,26)12(13,14)32(22,23)24;;;;/h3-4,6-7,10,20-21H,2H2,1H3,(H,25,26)(H,27,28)(H2,15,17,18)(H2,22,23,24);;;;/q;4*+1/p-4/t4?,6-,7-,10?;;;;/m1..../s1. The summed E-state index contributed by atoms with van der Waals surface area (Å²) in [4.78, 5) is 57.8. The molecule has 1 fully saturated rings. The van der Waals surface area contributed by atoms with Gasteiger partial charge in [-0.3, -0.25) is 13.4 Å². The summed E-state index contributed by atoms with van der Waals surface area (Å²) >= 11 is 11.1. The molecule has 0 spiro atoms. The van der Waals surface area contributed by atoms with Crippen LogP contribution in [-0.4, -0.2) is 64.7 Å². The van der Waals surface area contributed by atoms with Crippen molar-refractivity contribution in [2.24, 2.45) is 0 Å². The molecule has 39 heavy (non-hydrogen) atoms.